The van der Waals surface area contributed by atoms with Crippen molar-refractivity contribution in [2.24, 2.45) is 0 Å². The zero-order valence-electron chi connectivity index (χ0n) is 36.9. The van der Waals surface area contributed by atoms with Crippen LogP contribution in [-0.4, -0.2) is 0 Å². The Labute approximate surface area is 376 Å². The van der Waals surface area contributed by atoms with Crippen LogP contribution in [0.25, 0.3) is 43.8 Å². The second-order valence-corrected chi connectivity index (χ2v) is 18.1. The fourth-order valence-electron chi connectivity index (χ4n) is 11.0. The zero-order valence-corrected chi connectivity index (χ0v) is 36.9. The Hall–Kier alpha value is -7.68. The first-order valence-electron chi connectivity index (χ1n) is 22.5. The van der Waals surface area contributed by atoms with Gasteiger partial charge in [-0.1, -0.05) is 133 Å². The van der Waals surface area contributed by atoms with E-state index in [1.54, 1.807) is 0 Å². The van der Waals surface area contributed by atoms with Gasteiger partial charge in [-0.2, -0.15) is 0 Å². The Morgan fingerprint density at radius 1 is 0.312 bits per heavy atom. The van der Waals surface area contributed by atoms with E-state index in [1.165, 1.54) is 105 Å². The van der Waals surface area contributed by atoms with Gasteiger partial charge in [0.1, 0.15) is 0 Å². The van der Waals surface area contributed by atoms with Gasteiger partial charge in [0.25, 0.3) is 0 Å². The van der Waals surface area contributed by atoms with E-state index >= 15 is 0 Å². The fraction of sp³-hybridized carbons (Fsp3) is 0.0968. The molecule has 0 aliphatic heterocycles. The molecule has 0 saturated heterocycles. The molecule has 10 aromatic carbocycles. The quantitative estimate of drug-likeness (QED) is 0.165. The number of fused-ring (bicyclic) bond motifs is 13. The maximum absolute atomic E-state index is 2.53. The van der Waals surface area contributed by atoms with Crippen LogP contribution in [-0.2, 0) is 5.41 Å². The molecule has 0 aromatic heterocycles. The molecule has 2 heteroatoms. The van der Waals surface area contributed by atoms with Crippen LogP contribution < -0.4 is 9.80 Å². The minimum atomic E-state index is -0.515. The lowest BCUT2D eigenvalue weighted by molar-refractivity contribution is 0.802. The molecule has 0 bridgehead atoms. The SMILES string of the molecule is Cc1ccc(N(c2ccc3c4c(ccc3c2)-c2cc3ccc(N(c5ccccc5)c5cc(C)ccc5C)cc3cc2C42c3ccccc3-c3ccccc32)c2cc(C)ccc2C)cc1. The lowest BCUT2D eigenvalue weighted by Crippen LogP contribution is -2.26. The second-order valence-electron chi connectivity index (χ2n) is 18.1. The molecule has 0 amide bonds. The molecule has 64 heavy (non-hydrogen) atoms. The van der Waals surface area contributed by atoms with Gasteiger partial charge < -0.3 is 9.80 Å². The van der Waals surface area contributed by atoms with Gasteiger partial charge in [-0.05, 0) is 196 Å². The van der Waals surface area contributed by atoms with E-state index in [0.29, 0.717) is 0 Å². The van der Waals surface area contributed by atoms with Crippen molar-refractivity contribution >= 4 is 55.7 Å². The lowest BCUT2D eigenvalue weighted by atomic mass is 9.69. The maximum atomic E-state index is 2.53. The second kappa shape index (κ2) is 14.4. The summed E-state index contributed by atoms with van der Waals surface area (Å²) in [6.45, 7) is 11.0. The van der Waals surface area contributed by atoms with Crippen molar-refractivity contribution in [1.29, 1.82) is 0 Å². The number of aryl methyl sites for hydroxylation is 5. The van der Waals surface area contributed by atoms with Crippen molar-refractivity contribution in [1.82, 2.24) is 0 Å². The lowest BCUT2D eigenvalue weighted by Gasteiger charge is -2.32. The summed E-state index contributed by atoms with van der Waals surface area (Å²) in [7, 11) is 0. The Bertz CT molecular complexity index is 3460. The molecule has 2 nitrogen and oxygen atoms in total. The zero-order chi connectivity index (χ0) is 43.3. The number of hydrogen-bond acceptors (Lipinski definition) is 2. The number of anilines is 6. The van der Waals surface area contributed by atoms with Gasteiger partial charge in [0.15, 0.2) is 0 Å². The van der Waals surface area contributed by atoms with Crippen LogP contribution in [0, 0.1) is 34.6 Å². The first-order chi connectivity index (χ1) is 31.3. The van der Waals surface area contributed by atoms with Crippen LogP contribution in [0.2, 0.25) is 0 Å². The fourth-order valence-corrected chi connectivity index (χ4v) is 11.0. The topological polar surface area (TPSA) is 6.48 Å². The van der Waals surface area contributed by atoms with E-state index in [4.69, 9.17) is 0 Å². The number of hydrogen-bond donors (Lipinski definition) is 0. The Morgan fingerprint density at radius 3 is 1.47 bits per heavy atom. The normalized spacial score (nSPS) is 12.9. The number of benzene rings is 10. The summed E-state index contributed by atoms with van der Waals surface area (Å²) >= 11 is 0. The minimum Gasteiger partial charge on any atom is -0.310 e. The summed E-state index contributed by atoms with van der Waals surface area (Å²) in [6.07, 6.45) is 0. The molecule has 0 heterocycles. The molecule has 0 saturated carbocycles. The number of nitrogens with zero attached hydrogens (tertiary/aromatic N) is 2. The van der Waals surface area contributed by atoms with Crippen molar-refractivity contribution in [2.75, 3.05) is 9.80 Å². The van der Waals surface area contributed by atoms with Gasteiger partial charge in [0, 0.05) is 34.1 Å². The summed E-state index contributed by atoms with van der Waals surface area (Å²) in [6, 6.07) is 75.5. The van der Waals surface area contributed by atoms with E-state index in [1.807, 2.05) is 0 Å². The smallest absolute Gasteiger partial charge is 0.0731 e. The first kappa shape index (κ1) is 38.0. The third-order valence-corrected chi connectivity index (χ3v) is 14.0. The van der Waals surface area contributed by atoms with Crippen LogP contribution >= 0.6 is 0 Å². The van der Waals surface area contributed by atoms with E-state index < -0.39 is 5.41 Å². The van der Waals surface area contributed by atoms with Gasteiger partial charge in [0.05, 0.1) is 5.41 Å². The maximum Gasteiger partial charge on any atom is 0.0731 e. The molecule has 0 unspecified atom stereocenters. The molecule has 0 atom stereocenters. The monoisotopic (exact) mass is 820 g/mol. The molecule has 12 rings (SSSR count). The van der Waals surface area contributed by atoms with Crippen molar-refractivity contribution in [3.63, 3.8) is 0 Å². The van der Waals surface area contributed by atoms with Crippen molar-refractivity contribution in [3.05, 3.63) is 250 Å². The Kier molecular flexibility index (Phi) is 8.58. The predicted octanol–water partition coefficient (Wildman–Crippen LogP) is 16.8. The molecule has 0 N–H and O–H groups in total. The summed E-state index contributed by atoms with van der Waals surface area (Å²) in [5, 5.41) is 4.97. The van der Waals surface area contributed by atoms with E-state index in [2.05, 4.69) is 245 Å². The average molecular weight is 821 g/mol. The van der Waals surface area contributed by atoms with Gasteiger partial charge in [-0.15, -0.1) is 0 Å². The standard InChI is InChI=1S/C62H48N2/c1-39-21-27-48(28-22-39)64(60-34-41(3)20-24-43(60)5)50-30-32-51-45(35-50)26-31-54-55-37-44-25-29-49(63(47-13-7-6-8-14-47)59-33-40(2)19-23-42(59)4)36-46(44)38-58(55)62(61(51)54)56-17-11-9-15-52(56)53-16-10-12-18-57(53)62/h6-38H,1-5H3. The summed E-state index contributed by atoms with van der Waals surface area (Å²) in [5.41, 5.74) is 23.3. The number of para-hydroxylation sites is 1. The molecule has 10 aromatic rings. The minimum absolute atomic E-state index is 0.515. The molecule has 0 radical (unpaired) electrons. The predicted molar refractivity (Wildman–Crippen MR) is 271 cm³/mol. The van der Waals surface area contributed by atoms with Crippen LogP contribution in [0.3, 0.4) is 0 Å². The van der Waals surface area contributed by atoms with Crippen molar-refractivity contribution in [2.45, 2.75) is 40.0 Å². The van der Waals surface area contributed by atoms with Gasteiger partial charge in [-0.3, -0.25) is 0 Å². The van der Waals surface area contributed by atoms with E-state index in [9.17, 15) is 0 Å². The van der Waals surface area contributed by atoms with Crippen molar-refractivity contribution in [3.8, 4) is 22.3 Å². The molecule has 306 valence electrons. The Morgan fingerprint density at radius 2 is 0.828 bits per heavy atom. The molecule has 2 aliphatic carbocycles. The van der Waals surface area contributed by atoms with Gasteiger partial charge >= 0.3 is 0 Å². The van der Waals surface area contributed by atoms with Gasteiger partial charge in [-0.25, -0.2) is 0 Å². The van der Waals surface area contributed by atoms with Crippen LogP contribution in [0.15, 0.2) is 200 Å². The van der Waals surface area contributed by atoms with Crippen molar-refractivity contribution < 1.29 is 0 Å². The first-order valence-corrected chi connectivity index (χ1v) is 22.5. The third-order valence-electron chi connectivity index (χ3n) is 14.0. The highest BCUT2D eigenvalue weighted by atomic mass is 15.1. The highest BCUT2D eigenvalue weighted by molar-refractivity contribution is 6.07. The number of rotatable bonds is 6. The summed E-state index contributed by atoms with van der Waals surface area (Å²) in [4.78, 5) is 4.85. The highest BCUT2D eigenvalue weighted by Crippen LogP contribution is 2.64. The highest BCUT2D eigenvalue weighted by Gasteiger charge is 2.52. The third kappa shape index (κ3) is 5.65. The summed E-state index contributed by atoms with van der Waals surface area (Å²) < 4.78 is 0. The van der Waals surface area contributed by atoms with Crippen LogP contribution in [0.1, 0.15) is 50.1 Å². The van der Waals surface area contributed by atoms with Crippen LogP contribution in [0.5, 0.6) is 0 Å². The molecule has 1 spiro atoms. The largest absolute Gasteiger partial charge is 0.310 e. The molecular formula is C62H48N2. The van der Waals surface area contributed by atoms with Crippen LogP contribution in [0.4, 0.5) is 34.1 Å². The average Bonchev–Trinajstić information content (AvgIpc) is 3.78. The van der Waals surface area contributed by atoms with Gasteiger partial charge in [0.2, 0.25) is 0 Å². The van der Waals surface area contributed by atoms with E-state index in [-0.39, 0.29) is 0 Å². The Balaban J connectivity index is 1.11. The molecule has 2 aliphatic rings. The molecular weight excluding hydrogens is 773 g/mol. The summed E-state index contributed by atoms with van der Waals surface area (Å²) in [5.74, 6) is 0. The molecule has 0 fully saturated rings. The van der Waals surface area contributed by atoms with E-state index in [0.717, 1.165) is 22.7 Å².